The van der Waals surface area contributed by atoms with Gasteiger partial charge in [-0.25, -0.2) is 0 Å². The lowest BCUT2D eigenvalue weighted by atomic mass is 9.89. The third-order valence-electron chi connectivity index (χ3n) is 5.84. The average molecular weight is 404 g/mol. The Balaban J connectivity index is 1.46. The fraction of sp³-hybridized carbons (Fsp3) is 0.400. The molecule has 0 radical (unpaired) electrons. The Labute approximate surface area is 178 Å². The molecule has 2 amide bonds. The monoisotopic (exact) mass is 403 g/mol. The van der Waals surface area contributed by atoms with E-state index < -0.39 is 0 Å². The van der Waals surface area contributed by atoms with Crippen LogP contribution in [0.5, 0.6) is 0 Å². The third kappa shape index (κ3) is 5.70. The van der Waals surface area contributed by atoms with Crippen LogP contribution >= 0.6 is 0 Å². The molecule has 0 aliphatic carbocycles. The molecule has 156 valence electrons. The normalized spacial score (nSPS) is 14.2. The van der Waals surface area contributed by atoms with Gasteiger partial charge in [0, 0.05) is 39.2 Å². The van der Waals surface area contributed by atoms with E-state index in [1.165, 1.54) is 11.1 Å². The van der Waals surface area contributed by atoms with Crippen molar-refractivity contribution in [2.75, 3.05) is 27.2 Å². The van der Waals surface area contributed by atoms with Gasteiger partial charge < -0.3 is 9.80 Å². The molecule has 0 saturated carbocycles. The highest BCUT2D eigenvalue weighted by Gasteiger charge is 2.23. The van der Waals surface area contributed by atoms with Crippen molar-refractivity contribution in [3.8, 4) is 6.07 Å². The van der Waals surface area contributed by atoms with Crippen molar-refractivity contribution in [3.63, 3.8) is 0 Å². The Morgan fingerprint density at radius 1 is 1.00 bits per heavy atom. The molecular formula is C25H29N3O2. The summed E-state index contributed by atoms with van der Waals surface area (Å²) in [5.74, 6) is 0.784. The van der Waals surface area contributed by atoms with E-state index in [0.29, 0.717) is 23.5 Å². The summed E-state index contributed by atoms with van der Waals surface area (Å²) >= 11 is 0. The maximum absolute atomic E-state index is 12.7. The van der Waals surface area contributed by atoms with Crippen LogP contribution in [0.25, 0.3) is 0 Å². The molecule has 5 nitrogen and oxygen atoms in total. The van der Waals surface area contributed by atoms with Gasteiger partial charge in [-0.05, 0) is 67.0 Å². The summed E-state index contributed by atoms with van der Waals surface area (Å²) in [5, 5.41) is 8.89. The number of carbonyl (C=O) groups excluding carboxylic acids is 2. The van der Waals surface area contributed by atoms with Gasteiger partial charge in [0.2, 0.25) is 5.91 Å². The second-order valence-corrected chi connectivity index (χ2v) is 8.23. The second kappa shape index (κ2) is 10.1. The first-order valence-corrected chi connectivity index (χ1v) is 10.5. The molecule has 30 heavy (non-hydrogen) atoms. The topological polar surface area (TPSA) is 64.4 Å². The van der Waals surface area contributed by atoms with Gasteiger partial charge in [0.15, 0.2) is 0 Å². The van der Waals surface area contributed by atoms with Crippen LogP contribution in [0.3, 0.4) is 0 Å². The fourth-order valence-corrected chi connectivity index (χ4v) is 3.86. The van der Waals surface area contributed by atoms with Gasteiger partial charge in [-0.15, -0.1) is 0 Å². The molecule has 1 heterocycles. The van der Waals surface area contributed by atoms with Gasteiger partial charge in [-0.3, -0.25) is 9.59 Å². The predicted molar refractivity (Wildman–Crippen MR) is 117 cm³/mol. The predicted octanol–water partition coefficient (Wildman–Crippen LogP) is 3.67. The standard InChI is InChI=1S/C25H29N3O2/c1-27(2)24(29)12-9-19-3-5-20(6-4-19)17-21-13-15-28(16-14-21)25(30)23-10-7-22(18-26)8-11-23/h3-8,10-11,21H,9,12-17H2,1-2H3. The molecule has 0 spiro atoms. The van der Waals surface area contributed by atoms with Crippen LogP contribution in [0.2, 0.25) is 0 Å². The molecule has 3 rings (SSSR count). The number of hydrogen-bond donors (Lipinski definition) is 0. The molecular weight excluding hydrogens is 374 g/mol. The van der Waals surface area contributed by atoms with E-state index in [-0.39, 0.29) is 11.8 Å². The van der Waals surface area contributed by atoms with E-state index in [2.05, 4.69) is 30.3 Å². The maximum Gasteiger partial charge on any atom is 0.253 e. The minimum Gasteiger partial charge on any atom is -0.349 e. The molecule has 2 aromatic carbocycles. The first-order valence-electron chi connectivity index (χ1n) is 10.5. The number of aryl methyl sites for hydroxylation is 1. The van der Waals surface area contributed by atoms with Crippen molar-refractivity contribution >= 4 is 11.8 Å². The van der Waals surface area contributed by atoms with Crippen molar-refractivity contribution in [1.82, 2.24) is 9.80 Å². The zero-order valence-electron chi connectivity index (χ0n) is 17.8. The Bertz CT molecular complexity index is 903. The molecule has 1 aliphatic rings. The number of piperidine rings is 1. The summed E-state index contributed by atoms with van der Waals surface area (Å²) in [7, 11) is 3.57. The summed E-state index contributed by atoms with van der Waals surface area (Å²) < 4.78 is 0. The number of amides is 2. The van der Waals surface area contributed by atoms with Gasteiger partial charge in [0.1, 0.15) is 0 Å². The van der Waals surface area contributed by atoms with Crippen LogP contribution in [-0.2, 0) is 17.6 Å². The zero-order valence-corrected chi connectivity index (χ0v) is 17.8. The summed E-state index contributed by atoms with van der Waals surface area (Å²) in [6, 6.07) is 17.5. The Kier molecular flexibility index (Phi) is 7.24. The average Bonchev–Trinajstić information content (AvgIpc) is 2.78. The Hall–Kier alpha value is -3.13. The molecule has 1 saturated heterocycles. The second-order valence-electron chi connectivity index (χ2n) is 8.23. The minimum atomic E-state index is 0.0505. The highest BCUT2D eigenvalue weighted by molar-refractivity contribution is 5.94. The molecule has 5 heteroatoms. The highest BCUT2D eigenvalue weighted by Crippen LogP contribution is 2.23. The number of nitriles is 1. The van der Waals surface area contributed by atoms with Gasteiger partial charge in [0.05, 0.1) is 11.6 Å². The van der Waals surface area contributed by atoms with E-state index in [1.54, 1.807) is 43.3 Å². The maximum atomic E-state index is 12.7. The van der Waals surface area contributed by atoms with Crippen LogP contribution in [0, 0.1) is 17.2 Å². The number of carbonyl (C=O) groups is 2. The number of benzene rings is 2. The molecule has 0 aromatic heterocycles. The van der Waals surface area contributed by atoms with Crippen LogP contribution in [0.4, 0.5) is 0 Å². The Morgan fingerprint density at radius 3 is 2.17 bits per heavy atom. The number of likely N-dealkylation sites (tertiary alicyclic amines) is 1. The summed E-state index contributed by atoms with van der Waals surface area (Å²) in [6.45, 7) is 1.54. The van der Waals surface area contributed by atoms with Gasteiger partial charge >= 0.3 is 0 Å². The van der Waals surface area contributed by atoms with E-state index >= 15 is 0 Å². The summed E-state index contributed by atoms with van der Waals surface area (Å²) in [5.41, 5.74) is 3.72. The van der Waals surface area contributed by atoms with Crippen LogP contribution in [0.15, 0.2) is 48.5 Å². The summed E-state index contributed by atoms with van der Waals surface area (Å²) in [6.07, 6.45) is 4.34. The summed E-state index contributed by atoms with van der Waals surface area (Å²) in [4.78, 5) is 27.9. The molecule has 0 unspecified atom stereocenters. The highest BCUT2D eigenvalue weighted by atomic mass is 16.2. The van der Waals surface area contributed by atoms with Crippen molar-refractivity contribution in [2.24, 2.45) is 5.92 Å². The molecule has 0 atom stereocenters. The van der Waals surface area contributed by atoms with Gasteiger partial charge in [0.25, 0.3) is 5.91 Å². The van der Waals surface area contributed by atoms with Crippen molar-refractivity contribution in [2.45, 2.75) is 32.1 Å². The van der Waals surface area contributed by atoms with Gasteiger partial charge in [-0.2, -0.15) is 5.26 Å². The lowest BCUT2D eigenvalue weighted by molar-refractivity contribution is -0.128. The smallest absolute Gasteiger partial charge is 0.253 e. The largest absolute Gasteiger partial charge is 0.349 e. The van der Waals surface area contributed by atoms with Crippen LogP contribution in [0.1, 0.15) is 46.3 Å². The SMILES string of the molecule is CN(C)C(=O)CCc1ccc(CC2CCN(C(=O)c3ccc(C#N)cc3)CC2)cc1. The molecule has 1 fully saturated rings. The van der Waals surface area contributed by atoms with E-state index in [9.17, 15) is 9.59 Å². The fourth-order valence-electron chi connectivity index (χ4n) is 3.86. The number of rotatable bonds is 6. The quantitative estimate of drug-likeness (QED) is 0.739. The Morgan fingerprint density at radius 2 is 1.60 bits per heavy atom. The van der Waals surface area contributed by atoms with Crippen molar-refractivity contribution in [3.05, 3.63) is 70.8 Å². The third-order valence-corrected chi connectivity index (χ3v) is 5.84. The van der Waals surface area contributed by atoms with E-state index in [0.717, 1.165) is 38.8 Å². The first kappa shape index (κ1) is 21.6. The molecule has 0 N–H and O–H groups in total. The first-order chi connectivity index (χ1) is 14.5. The lowest BCUT2D eigenvalue weighted by Crippen LogP contribution is -2.38. The van der Waals surface area contributed by atoms with Crippen LogP contribution < -0.4 is 0 Å². The van der Waals surface area contributed by atoms with E-state index in [4.69, 9.17) is 5.26 Å². The zero-order chi connectivity index (χ0) is 21.5. The van der Waals surface area contributed by atoms with Gasteiger partial charge in [-0.1, -0.05) is 24.3 Å². The van der Waals surface area contributed by atoms with Crippen molar-refractivity contribution in [1.29, 1.82) is 5.26 Å². The van der Waals surface area contributed by atoms with Crippen LogP contribution in [-0.4, -0.2) is 48.8 Å². The molecule has 1 aliphatic heterocycles. The molecule has 0 bridgehead atoms. The number of nitrogens with zero attached hydrogens (tertiary/aromatic N) is 3. The molecule has 2 aromatic rings. The number of hydrogen-bond acceptors (Lipinski definition) is 3. The lowest BCUT2D eigenvalue weighted by Gasteiger charge is -2.32. The minimum absolute atomic E-state index is 0.0505. The van der Waals surface area contributed by atoms with E-state index in [1.807, 2.05) is 4.90 Å². The van der Waals surface area contributed by atoms with Crippen molar-refractivity contribution < 1.29 is 9.59 Å².